The molecule has 1 aromatic heterocycles. The Kier molecular flexibility index (Phi) is 4.12. The second-order valence-electron chi connectivity index (χ2n) is 3.12. The predicted molar refractivity (Wildman–Crippen MR) is 58.1 cm³/mol. The van der Waals surface area contributed by atoms with Gasteiger partial charge in [-0.2, -0.15) is 4.98 Å². The lowest BCUT2D eigenvalue weighted by atomic mass is 10.5. The SMILES string of the molecule is CCN(C)CCNc1ccnc(N)n1. The highest BCUT2D eigenvalue weighted by Crippen LogP contribution is 2.01. The van der Waals surface area contributed by atoms with Crippen LogP contribution in [0.15, 0.2) is 12.3 Å². The fourth-order valence-electron chi connectivity index (χ4n) is 1.01. The quantitative estimate of drug-likeness (QED) is 0.713. The molecule has 0 fully saturated rings. The van der Waals surface area contributed by atoms with E-state index < -0.39 is 0 Å². The van der Waals surface area contributed by atoms with Crippen molar-refractivity contribution in [3.8, 4) is 0 Å². The Hall–Kier alpha value is -1.36. The highest BCUT2D eigenvalue weighted by Gasteiger charge is 1.96. The van der Waals surface area contributed by atoms with Gasteiger partial charge in [0.1, 0.15) is 5.82 Å². The molecule has 0 bridgehead atoms. The van der Waals surface area contributed by atoms with E-state index in [4.69, 9.17) is 5.73 Å². The van der Waals surface area contributed by atoms with E-state index in [1.807, 2.05) is 6.07 Å². The van der Waals surface area contributed by atoms with Gasteiger partial charge in [-0.3, -0.25) is 0 Å². The Bertz CT molecular complexity index is 276. The summed E-state index contributed by atoms with van der Waals surface area (Å²) in [7, 11) is 2.08. The van der Waals surface area contributed by atoms with Gasteiger partial charge in [0, 0.05) is 19.3 Å². The predicted octanol–water partition coefficient (Wildman–Crippen LogP) is 0.422. The highest BCUT2D eigenvalue weighted by molar-refractivity contribution is 5.37. The molecule has 1 aromatic rings. The van der Waals surface area contributed by atoms with Crippen LogP contribution in [0.4, 0.5) is 11.8 Å². The Morgan fingerprint density at radius 1 is 1.57 bits per heavy atom. The lowest BCUT2D eigenvalue weighted by molar-refractivity contribution is 0.367. The van der Waals surface area contributed by atoms with E-state index in [1.54, 1.807) is 6.20 Å². The van der Waals surface area contributed by atoms with Gasteiger partial charge in [0.15, 0.2) is 0 Å². The molecular weight excluding hydrogens is 178 g/mol. The minimum Gasteiger partial charge on any atom is -0.369 e. The summed E-state index contributed by atoms with van der Waals surface area (Å²) >= 11 is 0. The third-order valence-corrected chi connectivity index (χ3v) is 2.01. The van der Waals surface area contributed by atoms with Gasteiger partial charge in [-0.05, 0) is 19.7 Å². The van der Waals surface area contributed by atoms with E-state index in [0.29, 0.717) is 5.95 Å². The second kappa shape index (κ2) is 5.39. The van der Waals surface area contributed by atoms with Crippen LogP contribution in [-0.4, -0.2) is 41.5 Å². The van der Waals surface area contributed by atoms with Crippen molar-refractivity contribution in [2.75, 3.05) is 37.7 Å². The van der Waals surface area contributed by atoms with Crippen LogP contribution in [0.2, 0.25) is 0 Å². The summed E-state index contributed by atoms with van der Waals surface area (Å²) in [5.41, 5.74) is 5.44. The number of nitrogens with zero attached hydrogens (tertiary/aromatic N) is 3. The van der Waals surface area contributed by atoms with Crippen LogP contribution in [0.3, 0.4) is 0 Å². The van der Waals surface area contributed by atoms with Gasteiger partial charge >= 0.3 is 0 Å². The average molecular weight is 195 g/mol. The lowest BCUT2D eigenvalue weighted by Crippen LogP contribution is -2.25. The molecule has 5 heteroatoms. The third-order valence-electron chi connectivity index (χ3n) is 2.01. The van der Waals surface area contributed by atoms with E-state index in [0.717, 1.165) is 25.5 Å². The first-order valence-electron chi connectivity index (χ1n) is 4.73. The van der Waals surface area contributed by atoms with Gasteiger partial charge in [0.25, 0.3) is 0 Å². The molecule has 0 radical (unpaired) electrons. The fraction of sp³-hybridized carbons (Fsp3) is 0.556. The van der Waals surface area contributed by atoms with Crippen molar-refractivity contribution in [2.24, 2.45) is 0 Å². The molecule has 0 aliphatic heterocycles. The van der Waals surface area contributed by atoms with Crippen molar-refractivity contribution in [3.63, 3.8) is 0 Å². The maximum absolute atomic E-state index is 5.44. The first-order valence-corrected chi connectivity index (χ1v) is 4.73. The maximum atomic E-state index is 5.44. The summed E-state index contributed by atoms with van der Waals surface area (Å²) in [5.74, 6) is 1.08. The number of aromatic nitrogens is 2. The molecule has 1 rings (SSSR count). The van der Waals surface area contributed by atoms with Crippen molar-refractivity contribution in [2.45, 2.75) is 6.92 Å². The Labute approximate surface area is 84.3 Å². The van der Waals surface area contributed by atoms with E-state index in [1.165, 1.54) is 0 Å². The van der Waals surface area contributed by atoms with Crippen molar-refractivity contribution in [1.82, 2.24) is 14.9 Å². The molecule has 0 aliphatic rings. The molecule has 1 heterocycles. The minimum atomic E-state index is 0.304. The largest absolute Gasteiger partial charge is 0.369 e. The summed E-state index contributed by atoms with van der Waals surface area (Å²) < 4.78 is 0. The number of nitrogen functional groups attached to an aromatic ring is 1. The normalized spacial score (nSPS) is 10.5. The average Bonchev–Trinajstić information content (AvgIpc) is 2.17. The molecule has 0 unspecified atom stereocenters. The van der Waals surface area contributed by atoms with Crippen LogP contribution < -0.4 is 11.1 Å². The standard InChI is InChI=1S/C9H17N5/c1-3-14(2)7-6-11-8-4-5-12-9(10)13-8/h4-5H,3,6-7H2,1-2H3,(H3,10,11,12,13). The summed E-state index contributed by atoms with van der Waals surface area (Å²) in [6.45, 7) is 5.03. The van der Waals surface area contributed by atoms with Gasteiger partial charge in [-0.25, -0.2) is 4.98 Å². The summed E-state index contributed by atoms with van der Waals surface area (Å²) in [6.07, 6.45) is 1.65. The first kappa shape index (κ1) is 10.7. The van der Waals surface area contributed by atoms with Crippen LogP contribution in [-0.2, 0) is 0 Å². The number of rotatable bonds is 5. The number of likely N-dealkylation sites (N-methyl/N-ethyl adjacent to an activating group) is 1. The van der Waals surface area contributed by atoms with Crippen molar-refractivity contribution in [1.29, 1.82) is 0 Å². The van der Waals surface area contributed by atoms with Crippen molar-refractivity contribution >= 4 is 11.8 Å². The fourth-order valence-corrected chi connectivity index (χ4v) is 1.01. The molecule has 0 atom stereocenters. The van der Waals surface area contributed by atoms with Crippen molar-refractivity contribution in [3.05, 3.63) is 12.3 Å². The first-order chi connectivity index (χ1) is 6.72. The van der Waals surface area contributed by atoms with Crippen LogP contribution in [0.5, 0.6) is 0 Å². The number of anilines is 2. The molecule has 0 aromatic carbocycles. The van der Waals surface area contributed by atoms with Crippen molar-refractivity contribution < 1.29 is 0 Å². The van der Waals surface area contributed by atoms with Gasteiger partial charge in [0.05, 0.1) is 0 Å². The van der Waals surface area contributed by atoms with E-state index >= 15 is 0 Å². The van der Waals surface area contributed by atoms with Gasteiger partial charge in [-0.15, -0.1) is 0 Å². The Balaban J connectivity index is 2.31. The summed E-state index contributed by atoms with van der Waals surface area (Å²) in [5, 5.41) is 3.18. The number of nitrogens with two attached hydrogens (primary N) is 1. The summed E-state index contributed by atoms with van der Waals surface area (Å²) in [6, 6.07) is 1.81. The monoisotopic (exact) mass is 195 g/mol. The van der Waals surface area contributed by atoms with Crippen LogP contribution in [0.25, 0.3) is 0 Å². The zero-order valence-corrected chi connectivity index (χ0v) is 8.70. The lowest BCUT2D eigenvalue weighted by Gasteiger charge is -2.14. The Morgan fingerprint density at radius 2 is 2.36 bits per heavy atom. The second-order valence-corrected chi connectivity index (χ2v) is 3.12. The van der Waals surface area contributed by atoms with E-state index in [9.17, 15) is 0 Å². The number of nitrogens with one attached hydrogen (secondary N) is 1. The van der Waals surface area contributed by atoms with E-state index in [2.05, 4.69) is 34.2 Å². The third kappa shape index (κ3) is 3.57. The summed E-state index contributed by atoms with van der Waals surface area (Å²) in [4.78, 5) is 10.1. The molecule has 0 spiro atoms. The van der Waals surface area contributed by atoms with Gasteiger partial charge < -0.3 is 16.0 Å². The van der Waals surface area contributed by atoms with Crippen LogP contribution in [0, 0.1) is 0 Å². The molecule has 5 nitrogen and oxygen atoms in total. The molecule has 3 N–H and O–H groups in total. The zero-order valence-electron chi connectivity index (χ0n) is 8.70. The molecule has 0 amide bonds. The highest BCUT2D eigenvalue weighted by atomic mass is 15.1. The molecular formula is C9H17N5. The smallest absolute Gasteiger partial charge is 0.221 e. The topological polar surface area (TPSA) is 67.1 Å². The van der Waals surface area contributed by atoms with E-state index in [-0.39, 0.29) is 0 Å². The Morgan fingerprint density at radius 3 is 3.00 bits per heavy atom. The molecule has 0 aliphatic carbocycles. The van der Waals surface area contributed by atoms with Gasteiger partial charge in [-0.1, -0.05) is 6.92 Å². The molecule has 78 valence electrons. The maximum Gasteiger partial charge on any atom is 0.221 e. The minimum absolute atomic E-state index is 0.304. The number of hydrogen-bond acceptors (Lipinski definition) is 5. The van der Waals surface area contributed by atoms with Crippen LogP contribution in [0.1, 0.15) is 6.92 Å². The van der Waals surface area contributed by atoms with Gasteiger partial charge in [0.2, 0.25) is 5.95 Å². The zero-order chi connectivity index (χ0) is 10.4. The number of hydrogen-bond donors (Lipinski definition) is 2. The van der Waals surface area contributed by atoms with Crippen LogP contribution >= 0.6 is 0 Å². The molecule has 0 saturated heterocycles. The molecule has 0 saturated carbocycles. The molecule has 14 heavy (non-hydrogen) atoms.